The lowest BCUT2D eigenvalue weighted by molar-refractivity contribution is -0.165. The monoisotopic (exact) mass is 631 g/mol. The summed E-state index contributed by atoms with van der Waals surface area (Å²) in [7, 11) is 0. The molecule has 258 valence electrons. The molecule has 1 rings (SSSR count). The fourth-order valence-electron chi connectivity index (χ4n) is 3.77. The first-order chi connectivity index (χ1) is 20.6. The van der Waals surface area contributed by atoms with Crippen LogP contribution in [0.25, 0.3) is 0 Å². The van der Waals surface area contributed by atoms with Gasteiger partial charge in [0.05, 0.1) is 83.9 Å². The minimum atomic E-state index is -0.933. The van der Waals surface area contributed by atoms with E-state index in [0.29, 0.717) is 52.5 Å². The van der Waals surface area contributed by atoms with Crippen molar-refractivity contribution in [1.82, 2.24) is 0 Å². The lowest BCUT2D eigenvalue weighted by Gasteiger charge is -2.43. The fraction of sp³-hybridized carbons (Fsp3) is 0.818. The zero-order chi connectivity index (χ0) is 33.1. The van der Waals surface area contributed by atoms with Gasteiger partial charge in [-0.3, -0.25) is 0 Å². The second kappa shape index (κ2) is 20.8. The predicted octanol–water partition coefficient (Wildman–Crippen LogP) is 3.06. The minimum absolute atomic E-state index is 0.0272. The Morgan fingerprint density at radius 3 is 1.80 bits per heavy atom. The molecule has 0 aliphatic heterocycles. The highest BCUT2D eigenvalue weighted by Crippen LogP contribution is 2.33. The number of aliphatic hydroxyl groups excluding tert-OH is 3. The van der Waals surface area contributed by atoms with Crippen LogP contribution in [0, 0.1) is 5.41 Å². The van der Waals surface area contributed by atoms with Crippen molar-refractivity contribution in [3.8, 4) is 0 Å². The highest BCUT2D eigenvalue weighted by molar-refractivity contribution is 5.13. The number of hydrogen-bond acceptors (Lipinski definition) is 11. The Morgan fingerprint density at radius 2 is 1.18 bits per heavy atom. The van der Waals surface area contributed by atoms with E-state index in [9.17, 15) is 10.2 Å². The minimum Gasteiger partial charge on any atom is -0.394 e. The molecule has 11 heteroatoms. The van der Waals surface area contributed by atoms with Crippen LogP contribution in [0.15, 0.2) is 30.3 Å². The van der Waals surface area contributed by atoms with Crippen LogP contribution in [0.3, 0.4) is 0 Å². The average molecular weight is 632 g/mol. The molecule has 0 aromatic heterocycles. The number of nitrogens with two attached hydrogens (primary N) is 1. The molecule has 0 spiro atoms. The van der Waals surface area contributed by atoms with Crippen LogP contribution in [-0.4, -0.2) is 117 Å². The highest BCUT2D eigenvalue weighted by atomic mass is 16.5. The van der Waals surface area contributed by atoms with Gasteiger partial charge in [-0.05, 0) is 53.0 Å². The van der Waals surface area contributed by atoms with Gasteiger partial charge < -0.3 is 54.2 Å². The van der Waals surface area contributed by atoms with Crippen LogP contribution in [0.1, 0.15) is 66.9 Å². The Kier molecular flexibility index (Phi) is 19.3. The van der Waals surface area contributed by atoms with E-state index in [0.717, 1.165) is 5.56 Å². The SMILES string of the molecule is CC(C)(CCOC(C)(N)C(C)(C)COC(C)(C)CCOCC(O)COCC(O)COCCO)OCCOCc1ccccc1. The van der Waals surface area contributed by atoms with Crippen molar-refractivity contribution in [2.45, 2.75) is 97.0 Å². The van der Waals surface area contributed by atoms with Crippen molar-refractivity contribution in [2.75, 3.05) is 72.7 Å². The molecular weight excluding hydrogens is 570 g/mol. The van der Waals surface area contributed by atoms with Crippen LogP contribution in [0.4, 0.5) is 0 Å². The third-order valence-corrected chi connectivity index (χ3v) is 7.43. The van der Waals surface area contributed by atoms with Crippen LogP contribution in [-0.2, 0) is 39.8 Å². The van der Waals surface area contributed by atoms with Gasteiger partial charge in [-0.15, -0.1) is 0 Å². The topological polar surface area (TPSA) is 151 Å². The van der Waals surface area contributed by atoms with Gasteiger partial charge in [-0.25, -0.2) is 0 Å². The molecule has 0 bridgehead atoms. The number of benzene rings is 1. The lowest BCUT2D eigenvalue weighted by atomic mass is 9.83. The van der Waals surface area contributed by atoms with E-state index < -0.39 is 28.9 Å². The number of aliphatic hydroxyl groups is 3. The molecule has 0 amide bonds. The fourth-order valence-corrected chi connectivity index (χ4v) is 3.77. The lowest BCUT2D eigenvalue weighted by Crippen LogP contribution is -2.55. The highest BCUT2D eigenvalue weighted by Gasteiger charge is 2.40. The molecule has 0 fully saturated rings. The summed E-state index contributed by atoms with van der Waals surface area (Å²) in [5.74, 6) is 0. The van der Waals surface area contributed by atoms with E-state index in [2.05, 4.69) is 0 Å². The molecule has 0 saturated heterocycles. The Balaban J connectivity index is 2.26. The normalized spacial score (nSPS) is 15.7. The summed E-state index contributed by atoms with van der Waals surface area (Å²) in [6.45, 7) is 17.1. The van der Waals surface area contributed by atoms with E-state index >= 15 is 0 Å². The van der Waals surface area contributed by atoms with Gasteiger partial charge in [0.25, 0.3) is 0 Å². The van der Waals surface area contributed by atoms with Crippen molar-refractivity contribution in [2.24, 2.45) is 11.1 Å². The molecule has 44 heavy (non-hydrogen) atoms. The van der Waals surface area contributed by atoms with Gasteiger partial charge in [-0.1, -0.05) is 44.2 Å². The molecule has 11 nitrogen and oxygen atoms in total. The summed E-state index contributed by atoms with van der Waals surface area (Å²) in [5.41, 5.74) is 5.49. The van der Waals surface area contributed by atoms with Gasteiger partial charge in [0, 0.05) is 12.0 Å². The molecule has 0 radical (unpaired) electrons. The van der Waals surface area contributed by atoms with E-state index in [1.807, 2.05) is 78.8 Å². The standard InChI is InChI=1S/C33H61NO10/c1-30(2,26-44-32(5,6)13-16-38-22-28(36)24-41-25-29(37)23-39-18-15-35)33(7,34)43-17-14-31(3,4)42-20-19-40-21-27-11-9-8-10-12-27/h8-12,28-29,35-37H,13-26,34H2,1-7H3. The summed E-state index contributed by atoms with van der Waals surface area (Å²) in [6, 6.07) is 10.1. The number of ether oxygens (including phenoxy) is 7. The smallest absolute Gasteiger partial charge is 0.121 e. The molecule has 0 saturated carbocycles. The first-order valence-electron chi connectivity index (χ1n) is 15.6. The third-order valence-electron chi connectivity index (χ3n) is 7.43. The van der Waals surface area contributed by atoms with Crippen molar-refractivity contribution in [3.63, 3.8) is 0 Å². The molecular formula is C33H61NO10. The second-order valence-corrected chi connectivity index (χ2v) is 13.3. The van der Waals surface area contributed by atoms with E-state index in [1.54, 1.807) is 0 Å². The van der Waals surface area contributed by atoms with Crippen molar-refractivity contribution in [1.29, 1.82) is 0 Å². The van der Waals surface area contributed by atoms with E-state index in [-0.39, 0.29) is 45.2 Å². The van der Waals surface area contributed by atoms with E-state index in [1.165, 1.54) is 0 Å². The van der Waals surface area contributed by atoms with Gasteiger partial charge in [0.15, 0.2) is 0 Å². The van der Waals surface area contributed by atoms with Gasteiger partial charge in [0.2, 0.25) is 0 Å². The van der Waals surface area contributed by atoms with Crippen LogP contribution in [0.5, 0.6) is 0 Å². The molecule has 1 aromatic carbocycles. The van der Waals surface area contributed by atoms with Crippen molar-refractivity contribution in [3.05, 3.63) is 35.9 Å². The summed E-state index contributed by atoms with van der Waals surface area (Å²) in [4.78, 5) is 0. The predicted molar refractivity (Wildman–Crippen MR) is 169 cm³/mol. The Labute approximate surface area is 265 Å². The van der Waals surface area contributed by atoms with E-state index in [4.69, 9.17) is 44.0 Å². The zero-order valence-corrected chi connectivity index (χ0v) is 28.2. The maximum absolute atomic E-state index is 10.1. The van der Waals surface area contributed by atoms with Crippen LogP contribution < -0.4 is 5.73 Å². The van der Waals surface area contributed by atoms with Gasteiger partial charge in [0.1, 0.15) is 17.9 Å². The third kappa shape index (κ3) is 18.7. The molecule has 0 aliphatic rings. The van der Waals surface area contributed by atoms with Gasteiger partial charge >= 0.3 is 0 Å². The summed E-state index contributed by atoms with van der Waals surface area (Å²) >= 11 is 0. The Hall–Kier alpha value is -1.22. The quantitative estimate of drug-likeness (QED) is 0.0838. The maximum Gasteiger partial charge on any atom is 0.121 e. The molecule has 3 atom stereocenters. The summed E-state index contributed by atoms with van der Waals surface area (Å²) in [5, 5.41) is 28.4. The molecule has 5 N–H and O–H groups in total. The molecule has 0 heterocycles. The number of rotatable bonds is 27. The Bertz CT molecular complexity index is 850. The van der Waals surface area contributed by atoms with Crippen LogP contribution in [0.2, 0.25) is 0 Å². The first-order valence-corrected chi connectivity index (χ1v) is 15.6. The van der Waals surface area contributed by atoms with Crippen molar-refractivity contribution >= 4 is 0 Å². The average Bonchev–Trinajstić information content (AvgIpc) is 2.94. The van der Waals surface area contributed by atoms with Crippen molar-refractivity contribution < 1.29 is 48.5 Å². The second-order valence-electron chi connectivity index (χ2n) is 13.3. The summed E-state index contributed by atoms with van der Waals surface area (Å²) < 4.78 is 40.1. The van der Waals surface area contributed by atoms with Gasteiger partial charge in [-0.2, -0.15) is 0 Å². The molecule has 1 aromatic rings. The molecule has 0 aliphatic carbocycles. The molecule has 3 unspecified atom stereocenters. The Morgan fingerprint density at radius 1 is 0.636 bits per heavy atom. The zero-order valence-electron chi connectivity index (χ0n) is 28.2. The first kappa shape index (κ1) is 40.8. The van der Waals surface area contributed by atoms with Crippen LogP contribution >= 0.6 is 0 Å². The number of hydrogen-bond donors (Lipinski definition) is 4. The summed E-state index contributed by atoms with van der Waals surface area (Å²) in [6.07, 6.45) is -0.351. The maximum atomic E-state index is 10.1. The largest absolute Gasteiger partial charge is 0.394 e.